The molecule has 1 saturated carbocycles. The Balaban J connectivity index is 0.00000200. The fourth-order valence-electron chi connectivity index (χ4n) is 2.72. The predicted molar refractivity (Wildman–Crippen MR) is 82.6 cm³/mol. The Kier molecular flexibility index (Phi) is 6.30. The Bertz CT molecular complexity index is 465. The summed E-state index contributed by atoms with van der Waals surface area (Å²) in [6.45, 7) is 2.60. The summed E-state index contributed by atoms with van der Waals surface area (Å²) in [5.74, 6) is 1.12. The summed E-state index contributed by atoms with van der Waals surface area (Å²) >= 11 is 0. The summed E-state index contributed by atoms with van der Waals surface area (Å²) in [5, 5.41) is 3.09. The van der Waals surface area contributed by atoms with Crippen LogP contribution in [-0.2, 0) is 0 Å². The minimum atomic E-state index is -0.0383. The molecule has 1 aliphatic rings. The van der Waals surface area contributed by atoms with E-state index < -0.39 is 0 Å². The van der Waals surface area contributed by atoms with Crippen molar-refractivity contribution in [2.75, 3.05) is 13.7 Å². The largest absolute Gasteiger partial charge is 0.496 e. The van der Waals surface area contributed by atoms with Crippen LogP contribution in [0.2, 0.25) is 0 Å². The average molecular weight is 299 g/mol. The number of nitrogens with one attached hydrogen (secondary N) is 1. The molecule has 0 aromatic heterocycles. The standard InChI is InChI=1S/C15H22N2O2.ClH/c1-10-6-7-11(8-14(10)19-2)15(18)17-13-5-3-4-12(13)9-16;/h6-8,12-13H,3-5,9,16H2,1-2H3,(H,17,18);1H. The molecule has 0 spiro atoms. The molecule has 3 N–H and O–H groups in total. The number of nitrogens with two attached hydrogens (primary N) is 1. The summed E-state index contributed by atoms with van der Waals surface area (Å²) in [4.78, 5) is 12.2. The van der Waals surface area contributed by atoms with Gasteiger partial charge in [0.1, 0.15) is 5.75 Å². The molecule has 1 fully saturated rings. The molecule has 112 valence electrons. The monoisotopic (exact) mass is 298 g/mol. The zero-order chi connectivity index (χ0) is 13.8. The number of hydrogen-bond donors (Lipinski definition) is 2. The van der Waals surface area contributed by atoms with Crippen LogP contribution >= 0.6 is 12.4 Å². The fraction of sp³-hybridized carbons (Fsp3) is 0.533. The number of amides is 1. The first-order valence-electron chi connectivity index (χ1n) is 6.81. The third-order valence-electron chi connectivity index (χ3n) is 3.95. The molecule has 1 amide bonds. The zero-order valence-corrected chi connectivity index (χ0v) is 12.8. The molecule has 0 aliphatic heterocycles. The highest BCUT2D eigenvalue weighted by molar-refractivity contribution is 5.95. The molecule has 4 nitrogen and oxygen atoms in total. The van der Waals surface area contributed by atoms with E-state index in [0.29, 0.717) is 18.0 Å². The maximum absolute atomic E-state index is 12.2. The lowest BCUT2D eigenvalue weighted by atomic mass is 10.0. The molecule has 5 heteroatoms. The van der Waals surface area contributed by atoms with Gasteiger partial charge in [-0.15, -0.1) is 12.4 Å². The lowest BCUT2D eigenvalue weighted by Gasteiger charge is -2.19. The van der Waals surface area contributed by atoms with E-state index in [1.54, 1.807) is 13.2 Å². The van der Waals surface area contributed by atoms with Crippen LogP contribution in [0.25, 0.3) is 0 Å². The van der Waals surface area contributed by atoms with Crippen LogP contribution in [0.1, 0.15) is 35.2 Å². The van der Waals surface area contributed by atoms with E-state index >= 15 is 0 Å². The lowest BCUT2D eigenvalue weighted by Crippen LogP contribution is -2.39. The highest BCUT2D eigenvalue weighted by atomic mass is 35.5. The molecule has 0 heterocycles. The van der Waals surface area contributed by atoms with E-state index in [9.17, 15) is 4.79 Å². The molecule has 20 heavy (non-hydrogen) atoms. The minimum Gasteiger partial charge on any atom is -0.496 e. The van der Waals surface area contributed by atoms with Gasteiger partial charge >= 0.3 is 0 Å². The van der Waals surface area contributed by atoms with E-state index in [-0.39, 0.29) is 24.4 Å². The van der Waals surface area contributed by atoms with E-state index in [1.165, 1.54) is 0 Å². The molecule has 0 radical (unpaired) electrons. The van der Waals surface area contributed by atoms with Gasteiger partial charge < -0.3 is 15.8 Å². The van der Waals surface area contributed by atoms with Crippen molar-refractivity contribution >= 4 is 18.3 Å². The quantitative estimate of drug-likeness (QED) is 0.896. The topological polar surface area (TPSA) is 64.3 Å². The number of carbonyl (C=O) groups is 1. The molecule has 1 aromatic carbocycles. The number of carbonyl (C=O) groups excluding carboxylic acids is 1. The van der Waals surface area contributed by atoms with Crippen LogP contribution in [0.5, 0.6) is 5.75 Å². The Labute approximate surface area is 126 Å². The van der Waals surface area contributed by atoms with E-state index in [2.05, 4.69) is 5.32 Å². The first-order chi connectivity index (χ1) is 9.15. The third-order valence-corrected chi connectivity index (χ3v) is 3.95. The van der Waals surface area contributed by atoms with Crippen molar-refractivity contribution in [3.63, 3.8) is 0 Å². The second-order valence-corrected chi connectivity index (χ2v) is 5.19. The van der Waals surface area contributed by atoms with Crippen molar-refractivity contribution in [2.24, 2.45) is 11.7 Å². The van der Waals surface area contributed by atoms with Crippen molar-refractivity contribution in [1.82, 2.24) is 5.32 Å². The van der Waals surface area contributed by atoms with Gasteiger partial charge in [-0.2, -0.15) is 0 Å². The normalized spacial score (nSPS) is 21.1. The van der Waals surface area contributed by atoms with Gasteiger partial charge in [0, 0.05) is 11.6 Å². The van der Waals surface area contributed by atoms with Crippen molar-refractivity contribution in [1.29, 1.82) is 0 Å². The number of aryl methyl sites for hydroxylation is 1. The van der Waals surface area contributed by atoms with Crippen LogP contribution in [0.4, 0.5) is 0 Å². The highest BCUT2D eigenvalue weighted by Gasteiger charge is 2.27. The van der Waals surface area contributed by atoms with Gasteiger partial charge in [0.05, 0.1) is 7.11 Å². The van der Waals surface area contributed by atoms with E-state index in [4.69, 9.17) is 10.5 Å². The number of rotatable bonds is 4. The number of halogens is 1. The molecule has 2 atom stereocenters. The van der Waals surface area contributed by atoms with Gasteiger partial charge in [0.15, 0.2) is 0 Å². The molecule has 0 bridgehead atoms. The maximum Gasteiger partial charge on any atom is 0.251 e. The summed E-state index contributed by atoms with van der Waals surface area (Å²) < 4.78 is 5.25. The van der Waals surface area contributed by atoms with Gasteiger partial charge in [-0.05, 0) is 49.9 Å². The second-order valence-electron chi connectivity index (χ2n) is 5.19. The lowest BCUT2D eigenvalue weighted by molar-refractivity contribution is 0.0928. The van der Waals surface area contributed by atoms with Gasteiger partial charge in [-0.1, -0.05) is 12.5 Å². The minimum absolute atomic E-state index is 0. The van der Waals surface area contributed by atoms with Gasteiger partial charge in [0.2, 0.25) is 0 Å². The van der Waals surface area contributed by atoms with Crippen LogP contribution in [0.3, 0.4) is 0 Å². The van der Waals surface area contributed by atoms with Crippen molar-refractivity contribution in [2.45, 2.75) is 32.2 Å². The molecule has 1 aliphatic carbocycles. The maximum atomic E-state index is 12.2. The van der Waals surface area contributed by atoms with Crippen LogP contribution in [0.15, 0.2) is 18.2 Å². The van der Waals surface area contributed by atoms with Crippen molar-refractivity contribution < 1.29 is 9.53 Å². The number of ether oxygens (including phenoxy) is 1. The summed E-state index contributed by atoms with van der Waals surface area (Å²) in [5.41, 5.74) is 7.40. The molecule has 2 rings (SSSR count). The zero-order valence-electron chi connectivity index (χ0n) is 12.0. The van der Waals surface area contributed by atoms with E-state index in [1.807, 2.05) is 19.1 Å². The van der Waals surface area contributed by atoms with Crippen molar-refractivity contribution in [3.05, 3.63) is 29.3 Å². The average Bonchev–Trinajstić information content (AvgIpc) is 2.86. The number of benzene rings is 1. The van der Waals surface area contributed by atoms with Crippen LogP contribution in [-0.4, -0.2) is 25.6 Å². The Morgan fingerprint density at radius 3 is 2.85 bits per heavy atom. The number of hydrogen-bond acceptors (Lipinski definition) is 3. The Morgan fingerprint density at radius 2 is 2.20 bits per heavy atom. The molecular weight excluding hydrogens is 276 g/mol. The molecule has 0 saturated heterocycles. The smallest absolute Gasteiger partial charge is 0.251 e. The van der Waals surface area contributed by atoms with Gasteiger partial charge in [-0.25, -0.2) is 0 Å². The Morgan fingerprint density at radius 1 is 1.45 bits per heavy atom. The summed E-state index contributed by atoms with van der Waals surface area (Å²) in [6, 6.07) is 5.74. The van der Waals surface area contributed by atoms with Crippen molar-refractivity contribution in [3.8, 4) is 5.75 Å². The summed E-state index contributed by atoms with van der Waals surface area (Å²) in [7, 11) is 1.62. The molecule has 2 unspecified atom stereocenters. The summed E-state index contributed by atoms with van der Waals surface area (Å²) in [6.07, 6.45) is 3.28. The van der Waals surface area contributed by atoms with Crippen LogP contribution < -0.4 is 15.8 Å². The fourth-order valence-corrected chi connectivity index (χ4v) is 2.72. The highest BCUT2D eigenvalue weighted by Crippen LogP contribution is 2.25. The Hall–Kier alpha value is -1.26. The van der Waals surface area contributed by atoms with Gasteiger partial charge in [0.25, 0.3) is 5.91 Å². The second kappa shape index (κ2) is 7.50. The molecular formula is C15H23ClN2O2. The first kappa shape index (κ1) is 16.8. The predicted octanol–water partition coefficient (Wildman–Crippen LogP) is 2.28. The van der Waals surface area contributed by atoms with Crippen LogP contribution in [0, 0.1) is 12.8 Å². The van der Waals surface area contributed by atoms with Gasteiger partial charge in [-0.3, -0.25) is 4.79 Å². The van der Waals surface area contributed by atoms with E-state index in [0.717, 1.165) is 30.6 Å². The molecule has 1 aromatic rings. The number of methoxy groups -OCH3 is 1. The third kappa shape index (κ3) is 3.64. The first-order valence-corrected chi connectivity index (χ1v) is 6.81. The SMILES string of the molecule is COc1cc(C(=O)NC2CCCC2CN)ccc1C.Cl.